The summed E-state index contributed by atoms with van der Waals surface area (Å²) in [5.74, 6) is 0.662. The summed E-state index contributed by atoms with van der Waals surface area (Å²) < 4.78 is 0.813. The fourth-order valence-electron chi connectivity index (χ4n) is 2.57. The molecule has 1 amide bonds. The normalized spacial score (nSPS) is 12.0. The fourth-order valence-corrected chi connectivity index (χ4v) is 3.01. The molecule has 0 aliphatic carbocycles. The van der Waals surface area contributed by atoms with Gasteiger partial charge in [-0.25, -0.2) is 4.98 Å². The highest BCUT2D eigenvalue weighted by atomic mass is 79.9. The van der Waals surface area contributed by atoms with Gasteiger partial charge in [-0.15, -0.1) is 0 Å². The van der Waals surface area contributed by atoms with Gasteiger partial charge in [-0.3, -0.25) is 4.79 Å². The number of pyridine rings is 1. The van der Waals surface area contributed by atoms with Gasteiger partial charge in [0.05, 0.1) is 9.99 Å². The first-order chi connectivity index (χ1) is 10.8. The maximum atomic E-state index is 12.3. The minimum Gasteiger partial charge on any atom is -0.309 e. The third kappa shape index (κ3) is 4.11. The summed E-state index contributed by atoms with van der Waals surface area (Å²) in [5, 5.41) is 4.03. The van der Waals surface area contributed by atoms with Crippen molar-refractivity contribution < 1.29 is 4.79 Å². The maximum Gasteiger partial charge on any atom is 0.228 e. The largest absolute Gasteiger partial charge is 0.309 e. The van der Waals surface area contributed by atoms with Crippen LogP contribution in [0.4, 0.5) is 5.82 Å². The number of nitrogens with one attached hydrogen (secondary N) is 1. The Morgan fingerprint density at radius 1 is 1.22 bits per heavy atom. The molecule has 1 heterocycles. The van der Waals surface area contributed by atoms with Crippen molar-refractivity contribution in [2.75, 3.05) is 5.32 Å². The van der Waals surface area contributed by atoms with Gasteiger partial charge in [0.1, 0.15) is 5.82 Å². The number of halogens is 1. The van der Waals surface area contributed by atoms with Crippen molar-refractivity contribution >= 4 is 38.6 Å². The maximum absolute atomic E-state index is 12.3. The Kier molecular flexibility index (Phi) is 5.45. The lowest BCUT2D eigenvalue weighted by atomic mass is 9.86. The van der Waals surface area contributed by atoms with Crippen LogP contribution in [0.2, 0.25) is 0 Å². The molecule has 2 rings (SSSR count). The van der Waals surface area contributed by atoms with Crippen LogP contribution in [0.5, 0.6) is 0 Å². The van der Waals surface area contributed by atoms with E-state index in [0.717, 1.165) is 28.2 Å². The Bertz CT molecular complexity index is 715. The van der Waals surface area contributed by atoms with Crippen LogP contribution >= 0.6 is 15.9 Å². The molecule has 1 aromatic heterocycles. The van der Waals surface area contributed by atoms with Crippen LogP contribution < -0.4 is 5.32 Å². The lowest BCUT2D eigenvalue weighted by molar-refractivity contribution is -0.120. The highest BCUT2D eigenvalue weighted by molar-refractivity contribution is 9.10. The Morgan fingerprint density at radius 3 is 2.43 bits per heavy atom. The standard InChI is InChI=1S/C19H25BrN2O/c1-6-12(7-2)18(23)22-17-15(20)10-13-8-9-14(19(3,4)5)11-16(13)21-17/h8-12H,6-7H2,1-5H3,(H,21,22,23). The summed E-state index contributed by atoms with van der Waals surface area (Å²) in [6, 6.07) is 8.34. The molecule has 0 saturated heterocycles. The highest BCUT2D eigenvalue weighted by Gasteiger charge is 2.18. The van der Waals surface area contributed by atoms with Gasteiger partial charge in [0.25, 0.3) is 0 Å². The molecular weight excluding hydrogens is 352 g/mol. The van der Waals surface area contributed by atoms with Crippen molar-refractivity contribution in [3.05, 3.63) is 34.3 Å². The Balaban J connectivity index is 2.40. The van der Waals surface area contributed by atoms with E-state index in [9.17, 15) is 4.79 Å². The molecule has 23 heavy (non-hydrogen) atoms. The summed E-state index contributed by atoms with van der Waals surface area (Å²) in [6.45, 7) is 10.6. The number of carbonyl (C=O) groups is 1. The molecule has 1 aromatic carbocycles. The minimum atomic E-state index is 0.0281. The van der Waals surface area contributed by atoms with E-state index in [1.807, 2.05) is 19.9 Å². The summed E-state index contributed by atoms with van der Waals surface area (Å²) in [5.41, 5.74) is 2.21. The van der Waals surface area contributed by atoms with Crippen molar-refractivity contribution in [1.82, 2.24) is 4.98 Å². The molecule has 0 aliphatic heterocycles. The van der Waals surface area contributed by atoms with Gasteiger partial charge in [-0.2, -0.15) is 0 Å². The molecule has 3 nitrogen and oxygen atoms in total. The lowest BCUT2D eigenvalue weighted by Crippen LogP contribution is -2.22. The number of fused-ring (bicyclic) bond motifs is 1. The first-order valence-corrected chi connectivity index (χ1v) is 8.97. The van der Waals surface area contributed by atoms with Crippen molar-refractivity contribution in [3.8, 4) is 0 Å². The van der Waals surface area contributed by atoms with E-state index in [-0.39, 0.29) is 17.2 Å². The van der Waals surface area contributed by atoms with Crippen LogP contribution in [-0.2, 0) is 10.2 Å². The smallest absolute Gasteiger partial charge is 0.228 e. The van der Waals surface area contributed by atoms with Crippen LogP contribution in [0.15, 0.2) is 28.7 Å². The number of benzene rings is 1. The second kappa shape index (κ2) is 7.00. The molecule has 0 radical (unpaired) electrons. The summed E-state index contributed by atoms with van der Waals surface area (Å²) >= 11 is 3.52. The molecule has 4 heteroatoms. The van der Waals surface area contributed by atoms with E-state index in [1.54, 1.807) is 0 Å². The third-order valence-corrected chi connectivity index (χ3v) is 4.84. The molecule has 0 aliphatic rings. The van der Waals surface area contributed by atoms with Gasteiger partial charge in [-0.1, -0.05) is 46.8 Å². The number of hydrogen-bond acceptors (Lipinski definition) is 2. The van der Waals surface area contributed by atoms with Crippen LogP contribution in [0.3, 0.4) is 0 Å². The van der Waals surface area contributed by atoms with Gasteiger partial charge < -0.3 is 5.32 Å². The minimum absolute atomic E-state index is 0.0281. The Labute approximate surface area is 147 Å². The number of anilines is 1. The van der Waals surface area contributed by atoms with Crippen molar-refractivity contribution in [1.29, 1.82) is 0 Å². The van der Waals surface area contributed by atoms with Gasteiger partial charge in [0.15, 0.2) is 0 Å². The monoisotopic (exact) mass is 376 g/mol. The lowest BCUT2D eigenvalue weighted by Gasteiger charge is -2.19. The van der Waals surface area contributed by atoms with Crippen LogP contribution in [0.1, 0.15) is 53.0 Å². The molecule has 0 bridgehead atoms. The van der Waals surface area contributed by atoms with Crippen LogP contribution in [0, 0.1) is 5.92 Å². The van der Waals surface area contributed by atoms with E-state index in [1.165, 1.54) is 5.56 Å². The van der Waals surface area contributed by atoms with Gasteiger partial charge in [0, 0.05) is 11.3 Å². The second-order valence-electron chi connectivity index (χ2n) is 6.98. The Morgan fingerprint density at radius 2 is 1.87 bits per heavy atom. The van der Waals surface area contributed by atoms with E-state index in [2.05, 4.69) is 65.2 Å². The zero-order chi connectivity index (χ0) is 17.2. The third-order valence-electron chi connectivity index (χ3n) is 4.24. The zero-order valence-electron chi connectivity index (χ0n) is 14.5. The topological polar surface area (TPSA) is 42.0 Å². The van der Waals surface area contributed by atoms with E-state index in [4.69, 9.17) is 0 Å². The van der Waals surface area contributed by atoms with Crippen molar-refractivity contribution in [3.63, 3.8) is 0 Å². The molecule has 1 N–H and O–H groups in total. The SMILES string of the molecule is CCC(CC)C(=O)Nc1nc2cc(C(C)(C)C)ccc2cc1Br. The van der Waals surface area contributed by atoms with Crippen molar-refractivity contribution in [2.24, 2.45) is 5.92 Å². The van der Waals surface area contributed by atoms with Gasteiger partial charge in [-0.05, 0) is 51.9 Å². The number of carbonyl (C=O) groups excluding carboxylic acids is 1. The average molecular weight is 377 g/mol. The number of aromatic nitrogens is 1. The summed E-state index contributed by atoms with van der Waals surface area (Å²) in [7, 11) is 0. The first-order valence-electron chi connectivity index (χ1n) is 8.18. The fraction of sp³-hybridized carbons (Fsp3) is 0.474. The highest BCUT2D eigenvalue weighted by Crippen LogP contribution is 2.30. The van der Waals surface area contributed by atoms with Crippen LogP contribution in [-0.4, -0.2) is 10.9 Å². The molecule has 0 atom stereocenters. The predicted octanol–water partition coefficient (Wildman–Crippen LogP) is 5.67. The summed E-state index contributed by atoms with van der Waals surface area (Å²) in [6.07, 6.45) is 1.67. The molecule has 124 valence electrons. The molecule has 2 aromatic rings. The molecule has 0 unspecified atom stereocenters. The predicted molar refractivity (Wildman–Crippen MR) is 101 cm³/mol. The number of rotatable bonds is 4. The molecular formula is C19H25BrN2O. The van der Waals surface area contributed by atoms with Gasteiger partial charge >= 0.3 is 0 Å². The van der Waals surface area contributed by atoms with Crippen LogP contribution in [0.25, 0.3) is 10.9 Å². The molecule has 0 fully saturated rings. The number of nitrogens with zero attached hydrogens (tertiary/aromatic N) is 1. The van der Waals surface area contributed by atoms with E-state index in [0.29, 0.717) is 5.82 Å². The second-order valence-corrected chi connectivity index (χ2v) is 7.83. The Hall–Kier alpha value is -1.42. The van der Waals surface area contributed by atoms with Crippen molar-refractivity contribution in [2.45, 2.75) is 52.9 Å². The molecule has 0 saturated carbocycles. The van der Waals surface area contributed by atoms with E-state index < -0.39 is 0 Å². The average Bonchev–Trinajstić information content (AvgIpc) is 2.47. The first kappa shape index (κ1) is 17.9. The quantitative estimate of drug-likeness (QED) is 0.746. The van der Waals surface area contributed by atoms with Gasteiger partial charge in [0.2, 0.25) is 5.91 Å². The van der Waals surface area contributed by atoms with E-state index >= 15 is 0 Å². The number of amides is 1. The molecule has 0 spiro atoms. The summed E-state index contributed by atoms with van der Waals surface area (Å²) in [4.78, 5) is 17.0. The number of hydrogen-bond donors (Lipinski definition) is 1. The zero-order valence-corrected chi connectivity index (χ0v) is 16.1.